The Bertz CT molecular complexity index is 956. The van der Waals surface area contributed by atoms with Gasteiger partial charge in [-0.05, 0) is 54.4 Å². The molecule has 1 N–H and O–H groups in total. The van der Waals surface area contributed by atoms with E-state index in [1.807, 2.05) is 53.1 Å². The van der Waals surface area contributed by atoms with Gasteiger partial charge in [-0.2, -0.15) is 0 Å². The van der Waals surface area contributed by atoms with Crippen molar-refractivity contribution < 1.29 is 9.53 Å². The van der Waals surface area contributed by atoms with Crippen molar-refractivity contribution in [1.29, 1.82) is 0 Å². The molecule has 0 radical (unpaired) electrons. The maximum absolute atomic E-state index is 12.1. The Kier molecular flexibility index (Phi) is 7.17. The molecular formula is C21H23ClN4O2S. The Morgan fingerprint density at radius 2 is 1.83 bits per heavy atom. The summed E-state index contributed by atoms with van der Waals surface area (Å²) in [6.07, 6.45) is 0. The van der Waals surface area contributed by atoms with Crippen LogP contribution in [0.5, 0.6) is 5.75 Å². The van der Waals surface area contributed by atoms with Crippen LogP contribution in [0.1, 0.15) is 13.8 Å². The van der Waals surface area contributed by atoms with Crippen molar-refractivity contribution in [3.8, 4) is 22.8 Å². The fourth-order valence-electron chi connectivity index (χ4n) is 2.61. The molecule has 8 heteroatoms. The largest absolute Gasteiger partial charge is 0.497 e. The SMILES string of the molecule is COc1ccc(-c2nnc(SCC(=O)NCC(C)C)n2-c2ccc(Cl)cc2)cc1. The molecule has 0 spiro atoms. The van der Waals surface area contributed by atoms with Crippen LogP contribution in [0, 0.1) is 5.92 Å². The lowest BCUT2D eigenvalue weighted by Gasteiger charge is -2.11. The van der Waals surface area contributed by atoms with Gasteiger partial charge in [-0.3, -0.25) is 9.36 Å². The second kappa shape index (κ2) is 9.80. The molecule has 0 bridgehead atoms. The number of halogens is 1. The van der Waals surface area contributed by atoms with Crippen LogP contribution in [-0.4, -0.2) is 40.1 Å². The summed E-state index contributed by atoms with van der Waals surface area (Å²) < 4.78 is 7.17. The number of nitrogens with zero attached hydrogens (tertiary/aromatic N) is 3. The van der Waals surface area contributed by atoms with E-state index >= 15 is 0 Å². The van der Waals surface area contributed by atoms with Gasteiger partial charge in [0.1, 0.15) is 5.75 Å². The van der Waals surface area contributed by atoms with Gasteiger partial charge in [0.15, 0.2) is 11.0 Å². The zero-order valence-corrected chi connectivity index (χ0v) is 18.1. The van der Waals surface area contributed by atoms with Gasteiger partial charge in [0.05, 0.1) is 12.9 Å². The van der Waals surface area contributed by atoms with Gasteiger partial charge in [-0.25, -0.2) is 0 Å². The van der Waals surface area contributed by atoms with Gasteiger partial charge in [0, 0.05) is 22.8 Å². The molecule has 0 unspecified atom stereocenters. The summed E-state index contributed by atoms with van der Waals surface area (Å²) in [6, 6.07) is 15.1. The number of benzene rings is 2. The Balaban J connectivity index is 1.90. The highest BCUT2D eigenvalue weighted by Gasteiger charge is 2.17. The third-order valence-electron chi connectivity index (χ3n) is 4.11. The van der Waals surface area contributed by atoms with Crippen LogP contribution in [0.3, 0.4) is 0 Å². The molecule has 0 aliphatic heterocycles. The van der Waals surface area contributed by atoms with E-state index in [0.717, 1.165) is 17.0 Å². The molecule has 1 amide bonds. The maximum atomic E-state index is 12.1. The fourth-order valence-corrected chi connectivity index (χ4v) is 3.52. The van der Waals surface area contributed by atoms with Gasteiger partial charge in [0.25, 0.3) is 0 Å². The zero-order chi connectivity index (χ0) is 20.8. The lowest BCUT2D eigenvalue weighted by atomic mass is 10.2. The monoisotopic (exact) mass is 430 g/mol. The van der Waals surface area contributed by atoms with Crippen LogP contribution >= 0.6 is 23.4 Å². The molecule has 29 heavy (non-hydrogen) atoms. The van der Waals surface area contributed by atoms with Crippen molar-refractivity contribution in [2.45, 2.75) is 19.0 Å². The normalized spacial score (nSPS) is 10.9. The van der Waals surface area contributed by atoms with E-state index in [-0.39, 0.29) is 11.7 Å². The van der Waals surface area contributed by atoms with Crippen molar-refractivity contribution in [1.82, 2.24) is 20.1 Å². The van der Waals surface area contributed by atoms with Gasteiger partial charge in [-0.15, -0.1) is 10.2 Å². The van der Waals surface area contributed by atoms with Crippen molar-refractivity contribution in [3.63, 3.8) is 0 Å². The number of rotatable bonds is 8. The molecule has 6 nitrogen and oxygen atoms in total. The minimum absolute atomic E-state index is 0.0275. The average molecular weight is 431 g/mol. The lowest BCUT2D eigenvalue weighted by molar-refractivity contribution is -0.118. The average Bonchev–Trinajstić information content (AvgIpc) is 3.15. The maximum Gasteiger partial charge on any atom is 0.230 e. The molecular weight excluding hydrogens is 408 g/mol. The van der Waals surface area contributed by atoms with Crippen molar-refractivity contribution in [3.05, 3.63) is 53.6 Å². The van der Waals surface area contributed by atoms with Gasteiger partial charge >= 0.3 is 0 Å². The van der Waals surface area contributed by atoms with Gasteiger partial charge < -0.3 is 10.1 Å². The Morgan fingerprint density at radius 1 is 1.14 bits per heavy atom. The predicted octanol–water partition coefficient (Wildman–Crippen LogP) is 4.46. The number of methoxy groups -OCH3 is 1. The van der Waals surface area contributed by atoms with Crippen LogP contribution in [0.15, 0.2) is 53.7 Å². The summed E-state index contributed by atoms with van der Waals surface area (Å²) in [5.74, 6) is 2.09. The molecule has 0 aliphatic carbocycles. The molecule has 3 rings (SSSR count). The first-order valence-corrected chi connectivity index (χ1v) is 10.6. The molecule has 0 fully saturated rings. The number of thioether (sulfide) groups is 1. The topological polar surface area (TPSA) is 69.0 Å². The molecule has 3 aromatic rings. The standard InChI is InChI=1S/C21H23ClN4O2S/c1-14(2)12-23-19(27)13-29-21-25-24-20(15-4-10-18(28-3)11-5-15)26(21)17-8-6-16(22)7-9-17/h4-11,14H,12-13H2,1-3H3,(H,23,27). The number of amides is 1. The minimum atomic E-state index is -0.0275. The number of carbonyl (C=O) groups excluding carboxylic acids is 1. The smallest absolute Gasteiger partial charge is 0.230 e. The third kappa shape index (κ3) is 5.52. The first-order valence-electron chi connectivity index (χ1n) is 9.23. The summed E-state index contributed by atoms with van der Waals surface area (Å²) in [5, 5.41) is 12.9. The van der Waals surface area contributed by atoms with Crippen LogP contribution < -0.4 is 10.1 Å². The molecule has 0 aliphatic rings. The molecule has 2 aromatic carbocycles. The van der Waals surface area contributed by atoms with Gasteiger partial charge in [0.2, 0.25) is 5.91 Å². The number of aromatic nitrogens is 3. The van der Waals surface area contributed by atoms with Crippen molar-refractivity contribution in [2.24, 2.45) is 5.92 Å². The van der Waals surface area contributed by atoms with Crippen LogP contribution in [0.2, 0.25) is 5.02 Å². The third-order valence-corrected chi connectivity index (χ3v) is 5.29. The predicted molar refractivity (Wildman–Crippen MR) is 117 cm³/mol. The van der Waals surface area contributed by atoms with E-state index in [4.69, 9.17) is 16.3 Å². The summed E-state index contributed by atoms with van der Waals surface area (Å²) in [4.78, 5) is 12.1. The van der Waals surface area contributed by atoms with E-state index in [9.17, 15) is 4.79 Å². The van der Waals surface area contributed by atoms with Gasteiger partial charge in [-0.1, -0.05) is 37.2 Å². The van der Waals surface area contributed by atoms with Crippen LogP contribution in [0.25, 0.3) is 17.1 Å². The molecule has 0 saturated carbocycles. The van der Waals surface area contributed by atoms with E-state index in [1.165, 1.54) is 11.8 Å². The first-order chi connectivity index (χ1) is 14.0. The number of hydrogen-bond donors (Lipinski definition) is 1. The highest BCUT2D eigenvalue weighted by molar-refractivity contribution is 7.99. The fraction of sp³-hybridized carbons (Fsp3) is 0.286. The number of nitrogens with one attached hydrogen (secondary N) is 1. The summed E-state index contributed by atoms with van der Waals surface area (Å²) >= 11 is 7.40. The quantitative estimate of drug-likeness (QED) is 0.534. The van der Waals surface area contributed by atoms with E-state index in [1.54, 1.807) is 7.11 Å². The Hall–Kier alpha value is -2.51. The highest BCUT2D eigenvalue weighted by atomic mass is 35.5. The summed E-state index contributed by atoms with van der Waals surface area (Å²) in [7, 11) is 1.63. The van der Waals surface area contributed by atoms with E-state index < -0.39 is 0 Å². The Labute approximate surface area is 179 Å². The first kappa shape index (κ1) is 21.2. The molecule has 0 saturated heterocycles. The molecule has 1 heterocycles. The Morgan fingerprint density at radius 3 is 2.45 bits per heavy atom. The van der Waals surface area contributed by atoms with E-state index in [2.05, 4.69) is 29.4 Å². The van der Waals surface area contributed by atoms with Crippen LogP contribution in [-0.2, 0) is 4.79 Å². The highest BCUT2D eigenvalue weighted by Crippen LogP contribution is 2.29. The number of hydrogen-bond acceptors (Lipinski definition) is 5. The zero-order valence-electron chi connectivity index (χ0n) is 16.6. The molecule has 1 aromatic heterocycles. The number of ether oxygens (including phenoxy) is 1. The molecule has 152 valence electrons. The summed E-state index contributed by atoms with van der Waals surface area (Å²) in [6.45, 7) is 4.78. The van der Waals surface area contributed by atoms with E-state index in [0.29, 0.717) is 28.5 Å². The molecule has 0 atom stereocenters. The van der Waals surface area contributed by atoms with Crippen molar-refractivity contribution in [2.75, 3.05) is 19.4 Å². The summed E-state index contributed by atoms with van der Waals surface area (Å²) in [5.41, 5.74) is 1.76. The minimum Gasteiger partial charge on any atom is -0.497 e. The lowest BCUT2D eigenvalue weighted by Crippen LogP contribution is -2.28. The second-order valence-corrected chi connectivity index (χ2v) is 8.21. The van der Waals surface area contributed by atoms with Crippen LogP contribution in [0.4, 0.5) is 0 Å². The van der Waals surface area contributed by atoms with Crippen molar-refractivity contribution >= 4 is 29.3 Å². The second-order valence-electron chi connectivity index (χ2n) is 6.83. The number of carbonyl (C=O) groups is 1.